The molecule has 5 nitrogen and oxygen atoms in total. The Kier molecular flexibility index (Phi) is 5.63. The maximum Gasteiger partial charge on any atom is 0.255 e. The second-order valence-electron chi connectivity index (χ2n) is 4.92. The maximum atomic E-state index is 12.1. The van der Waals surface area contributed by atoms with Gasteiger partial charge < -0.3 is 21.1 Å². The number of carbonyl (C=O) groups excluding carboxylic acids is 1. The molecule has 0 aromatic heterocycles. The molecule has 0 fully saturated rings. The van der Waals surface area contributed by atoms with E-state index < -0.39 is 0 Å². The van der Waals surface area contributed by atoms with Crippen molar-refractivity contribution in [3.63, 3.8) is 0 Å². The Bertz CT molecular complexity index is 433. The normalized spacial score (nSPS) is 12.0. The molecule has 0 heterocycles. The van der Waals surface area contributed by atoms with Crippen LogP contribution < -0.4 is 11.1 Å². The number of anilines is 2. The number of nitrogens with one attached hydrogen (secondary N) is 1. The molecule has 0 spiro atoms. The largest absolute Gasteiger partial charge is 0.399 e. The molecule has 0 aliphatic rings. The van der Waals surface area contributed by atoms with Crippen molar-refractivity contribution >= 4 is 17.3 Å². The van der Waals surface area contributed by atoms with Gasteiger partial charge in [0.25, 0.3) is 5.91 Å². The first-order valence-electron chi connectivity index (χ1n) is 6.44. The van der Waals surface area contributed by atoms with Gasteiger partial charge in [0.2, 0.25) is 0 Å². The van der Waals surface area contributed by atoms with E-state index in [1.807, 2.05) is 6.92 Å². The van der Waals surface area contributed by atoms with Crippen LogP contribution in [0, 0.1) is 0 Å². The fourth-order valence-electron chi connectivity index (χ4n) is 1.84. The van der Waals surface area contributed by atoms with Gasteiger partial charge in [-0.2, -0.15) is 0 Å². The van der Waals surface area contributed by atoms with Crippen molar-refractivity contribution < 1.29 is 9.90 Å². The minimum atomic E-state index is -0.0585. The minimum Gasteiger partial charge on any atom is -0.399 e. The lowest BCUT2D eigenvalue weighted by Crippen LogP contribution is -2.24. The van der Waals surface area contributed by atoms with E-state index in [1.165, 1.54) is 4.90 Å². The third-order valence-electron chi connectivity index (χ3n) is 2.88. The summed E-state index contributed by atoms with van der Waals surface area (Å²) in [5.41, 5.74) is 7.74. The second-order valence-corrected chi connectivity index (χ2v) is 4.92. The number of nitrogens with zero attached hydrogens (tertiary/aromatic N) is 1. The van der Waals surface area contributed by atoms with Crippen molar-refractivity contribution in [1.29, 1.82) is 0 Å². The molecule has 1 aromatic carbocycles. The molecule has 5 heteroatoms. The summed E-state index contributed by atoms with van der Waals surface area (Å²) < 4.78 is 0. The number of nitrogen functional groups attached to an aromatic ring is 1. The zero-order valence-electron chi connectivity index (χ0n) is 11.8. The molecule has 19 heavy (non-hydrogen) atoms. The van der Waals surface area contributed by atoms with Gasteiger partial charge in [-0.15, -0.1) is 0 Å². The number of hydrogen-bond acceptors (Lipinski definition) is 4. The van der Waals surface area contributed by atoms with Crippen molar-refractivity contribution in [2.24, 2.45) is 0 Å². The van der Waals surface area contributed by atoms with E-state index in [1.54, 1.807) is 32.3 Å². The lowest BCUT2D eigenvalue weighted by Gasteiger charge is -2.19. The van der Waals surface area contributed by atoms with Crippen molar-refractivity contribution in [2.45, 2.75) is 25.8 Å². The molecule has 0 radical (unpaired) electrons. The van der Waals surface area contributed by atoms with Crippen LogP contribution in [0.2, 0.25) is 0 Å². The van der Waals surface area contributed by atoms with Gasteiger partial charge in [-0.05, 0) is 38.0 Å². The SMILES string of the molecule is CC(CCCO)Nc1cc(N)ccc1C(=O)N(C)C. The monoisotopic (exact) mass is 265 g/mol. The number of amides is 1. The number of benzene rings is 1. The van der Waals surface area contributed by atoms with Crippen LogP contribution >= 0.6 is 0 Å². The highest BCUT2D eigenvalue weighted by Gasteiger charge is 2.14. The van der Waals surface area contributed by atoms with Gasteiger partial charge in [-0.25, -0.2) is 0 Å². The third-order valence-corrected chi connectivity index (χ3v) is 2.88. The summed E-state index contributed by atoms with van der Waals surface area (Å²) in [5, 5.41) is 12.1. The van der Waals surface area contributed by atoms with Crippen LogP contribution in [-0.4, -0.2) is 42.7 Å². The molecule has 0 bridgehead atoms. The van der Waals surface area contributed by atoms with E-state index in [0.29, 0.717) is 11.3 Å². The van der Waals surface area contributed by atoms with Crippen molar-refractivity contribution in [3.05, 3.63) is 23.8 Å². The molecule has 106 valence electrons. The first kappa shape index (κ1) is 15.3. The summed E-state index contributed by atoms with van der Waals surface area (Å²) in [5.74, 6) is -0.0585. The number of rotatable bonds is 6. The maximum absolute atomic E-state index is 12.1. The molecule has 1 unspecified atom stereocenters. The van der Waals surface area contributed by atoms with Crippen LogP contribution in [0.5, 0.6) is 0 Å². The summed E-state index contributed by atoms with van der Waals surface area (Å²) in [4.78, 5) is 13.6. The van der Waals surface area contributed by atoms with Crippen LogP contribution in [0.3, 0.4) is 0 Å². The van der Waals surface area contributed by atoms with Crippen molar-refractivity contribution in [3.8, 4) is 0 Å². The zero-order valence-corrected chi connectivity index (χ0v) is 11.8. The van der Waals surface area contributed by atoms with Crippen molar-refractivity contribution in [1.82, 2.24) is 4.90 Å². The van der Waals surface area contributed by atoms with E-state index in [0.717, 1.165) is 18.5 Å². The summed E-state index contributed by atoms with van der Waals surface area (Å²) in [6.45, 7) is 2.19. The quantitative estimate of drug-likeness (QED) is 0.682. The Hall–Kier alpha value is -1.75. The first-order valence-corrected chi connectivity index (χ1v) is 6.44. The number of hydrogen-bond donors (Lipinski definition) is 3. The number of nitrogens with two attached hydrogens (primary N) is 1. The van der Waals surface area contributed by atoms with Crippen LogP contribution in [0.25, 0.3) is 0 Å². The Morgan fingerprint density at radius 1 is 1.47 bits per heavy atom. The van der Waals surface area contributed by atoms with E-state index in [4.69, 9.17) is 10.8 Å². The summed E-state index contributed by atoms with van der Waals surface area (Å²) in [6.07, 6.45) is 1.56. The molecule has 4 N–H and O–H groups in total. The van der Waals surface area contributed by atoms with E-state index >= 15 is 0 Å². The highest BCUT2D eigenvalue weighted by molar-refractivity contribution is 6.00. The van der Waals surface area contributed by atoms with Crippen LogP contribution in [0.4, 0.5) is 11.4 Å². The number of carbonyl (C=O) groups is 1. The molecular formula is C14H23N3O2. The molecule has 0 saturated carbocycles. The topological polar surface area (TPSA) is 78.6 Å². The molecule has 1 rings (SSSR count). The van der Waals surface area contributed by atoms with Gasteiger partial charge in [0.15, 0.2) is 0 Å². The molecule has 0 aliphatic carbocycles. The van der Waals surface area contributed by atoms with Crippen LogP contribution in [0.15, 0.2) is 18.2 Å². The van der Waals surface area contributed by atoms with Crippen LogP contribution in [-0.2, 0) is 0 Å². The molecular weight excluding hydrogens is 242 g/mol. The third kappa shape index (κ3) is 4.44. The summed E-state index contributed by atoms with van der Waals surface area (Å²) >= 11 is 0. The van der Waals surface area contributed by atoms with Gasteiger partial charge >= 0.3 is 0 Å². The Morgan fingerprint density at radius 3 is 2.74 bits per heavy atom. The first-order chi connectivity index (χ1) is 8.95. The lowest BCUT2D eigenvalue weighted by molar-refractivity contribution is 0.0828. The molecule has 0 saturated heterocycles. The van der Waals surface area contributed by atoms with Gasteiger partial charge in [-0.3, -0.25) is 4.79 Å². The molecule has 1 aromatic rings. The molecule has 1 amide bonds. The Balaban J connectivity index is 2.91. The van der Waals surface area contributed by atoms with Gasteiger partial charge in [0.1, 0.15) is 0 Å². The Morgan fingerprint density at radius 2 is 2.16 bits per heavy atom. The zero-order chi connectivity index (χ0) is 14.4. The number of aliphatic hydroxyl groups excluding tert-OH is 1. The minimum absolute atomic E-state index is 0.0585. The standard InChI is InChI=1S/C14H23N3O2/c1-10(5-4-8-18)16-13-9-11(15)6-7-12(13)14(19)17(2)3/h6-7,9-10,16,18H,4-5,8,15H2,1-3H3. The lowest BCUT2D eigenvalue weighted by atomic mass is 10.1. The summed E-state index contributed by atoms with van der Waals surface area (Å²) in [7, 11) is 3.44. The fraction of sp³-hybridized carbons (Fsp3) is 0.500. The van der Waals surface area contributed by atoms with E-state index in [-0.39, 0.29) is 18.6 Å². The predicted molar refractivity (Wildman–Crippen MR) is 78.3 cm³/mol. The average Bonchev–Trinajstić information content (AvgIpc) is 2.35. The van der Waals surface area contributed by atoms with E-state index in [9.17, 15) is 4.79 Å². The number of aliphatic hydroxyl groups is 1. The highest BCUT2D eigenvalue weighted by Crippen LogP contribution is 2.22. The van der Waals surface area contributed by atoms with Crippen molar-refractivity contribution in [2.75, 3.05) is 31.8 Å². The summed E-state index contributed by atoms with van der Waals surface area (Å²) in [6, 6.07) is 5.40. The van der Waals surface area contributed by atoms with Gasteiger partial charge in [-0.1, -0.05) is 0 Å². The molecule has 1 atom stereocenters. The van der Waals surface area contributed by atoms with E-state index in [2.05, 4.69) is 5.32 Å². The molecule has 0 aliphatic heterocycles. The van der Waals surface area contributed by atoms with Gasteiger partial charge in [0.05, 0.1) is 5.56 Å². The van der Waals surface area contributed by atoms with Gasteiger partial charge in [0, 0.05) is 38.1 Å². The highest BCUT2D eigenvalue weighted by atomic mass is 16.2. The smallest absolute Gasteiger partial charge is 0.255 e. The average molecular weight is 265 g/mol. The second kappa shape index (κ2) is 6.99. The fourth-order valence-corrected chi connectivity index (χ4v) is 1.84. The predicted octanol–water partition coefficient (Wildman–Crippen LogP) is 1.54. The Labute approximate surface area is 114 Å². The van der Waals surface area contributed by atoms with Crippen LogP contribution in [0.1, 0.15) is 30.1 Å².